The van der Waals surface area contributed by atoms with Crippen molar-refractivity contribution in [2.45, 2.75) is 25.3 Å². The number of hydrogen-bond donors (Lipinski definition) is 3. The van der Waals surface area contributed by atoms with Crippen molar-refractivity contribution in [2.75, 3.05) is 0 Å². The molecule has 0 spiro atoms. The second-order valence-electron chi connectivity index (χ2n) is 6.09. The number of nitrogens with zero attached hydrogens (tertiary/aromatic N) is 1. The first-order chi connectivity index (χ1) is 11.3. The highest BCUT2D eigenvalue weighted by molar-refractivity contribution is 7.71. The molecule has 0 bridgehead atoms. The van der Waals surface area contributed by atoms with Crippen molar-refractivity contribution < 1.29 is 19.2 Å². The van der Waals surface area contributed by atoms with Crippen LogP contribution in [-0.2, 0) is 9.59 Å². The van der Waals surface area contributed by atoms with E-state index in [4.69, 9.17) is 12.2 Å². The average Bonchev–Trinajstić information content (AvgIpc) is 3.01. The Morgan fingerprint density at radius 3 is 2.58 bits per heavy atom. The molecule has 24 heavy (non-hydrogen) atoms. The fraction of sp³-hybridized carbons (Fsp3) is 0.267. The molecule has 1 atom stereocenters. The molecule has 9 heteroatoms. The molecule has 3 N–H and O–H groups in total. The molecule has 4 amide bonds. The van der Waals surface area contributed by atoms with E-state index in [2.05, 4.69) is 15.3 Å². The first-order valence-corrected chi connectivity index (χ1v) is 7.72. The van der Waals surface area contributed by atoms with Crippen LogP contribution >= 0.6 is 12.2 Å². The number of rotatable bonds is 1. The maximum atomic E-state index is 12.9. The maximum Gasteiger partial charge on any atom is 0.264 e. The molecule has 1 aromatic heterocycles. The van der Waals surface area contributed by atoms with E-state index in [0.29, 0.717) is 15.8 Å². The Bertz CT molecular complexity index is 1020. The number of carbonyl (C=O) groups excluding carboxylic acids is 4. The summed E-state index contributed by atoms with van der Waals surface area (Å²) in [6, 6.07) is 3.19. The van der Waals surface area contributed by atoms with Gasteiger partial charge in [0.1, 0.15) is 5.54 Å². The molecule has 0 saturated carbocycles. The van der Waals surface area contributed by atoms with Gasteiger partial charge in [-0.1, -0.05) is 0 Å². The van der Waals surface area contributed by atoms with Crippen LogP contribution in [0.4, 0.5) is 0 Å². The third-order valence-electron chi connectivity index (χ3n) is 4.62. The molecule has 1 aromatic carbocycles. The number of piperidine rings is 1. The summed E-state index contributed by atoms with van der Waals surface area (Å²) in [5.74, 6) is -2.18. The van der Waals surface area contributed by atoms with Crippen LogP contribution in [0.15, 0.2) is 12.1 Å². The van der Waals surface area contributed by atoms with E-state index in [9.17, 15) is 19.2 Å². The third-order valence-corrected chi connectivity index (χ3v) is 4.82. The Kier molecular flexibility index (Phi) is 2.83. The van der Waals surface area contributed by atoms with Gasteiger partial charge in [-0.3, -0.25) is 29.4 Å². The summed E-state index contributed by atoms with van der Waals surface area (Å²) in [7, 11) is 0. The Balaban J connectivity index is 1.88. The minimum absolute atomic E-state index is 0.0671. The largest absolute Gasteiger partial charge is 0.331 e. The van der Waals surface area contributed by atoms with E-state index in [1.165, 1.54) is 13.0 Å². The van der Waals surface area contributed by atoms with Crippen molar-refractivity contribution in [3.8, 4) is 0 Å². The number of aromatic nitrogens is 2. The van der Waals surface area contributed by atoms with Crippen LogP contribution in [0.2, 0.25) is 0 Å². The summed E-state index contributed by atoms with van der Waals surface area (Å²) in [5, 5.41) is 2.20. The molecule has 2 aromatic rings. The van der Waals surface area contributed by atoms with Gasteiger partial charge in [-0.25, -0.2) is 0 Å². The summed E-state index contributed by atoms with van der Waals surface area (Å²) in [4.78, 5) is 56.1. The van der Waals surface area contributed by atoms with Crippen LogP contribution in [0, 0.1) is 4.77 Å². The maximum absolute atomic E-state index is 12.9. The van der Waals surface area contributed by atoms with Crippen LogP contribution in [0.3, 0.4) is 0 Å². The average molecular weight is 344 g/mol. The van der Waals surface area contributed by atoms with Crippen molar-refractivity contribution in [1.82, 2.24) is 20.2 Å². The summed E-state index contributed by atoms with van der Waals surface area (Å²) in [5.41, 5.74) is 0.0458. The molecular weight excluding hydrogens is 332 g/mol. The number of carbonyl (C=O) groups is 4. The van der Waals surface area contributed by atoms with Gasteiger partial charge in [0.15, 0.2) is 4.77 Å². The molecule has 3 heterocycles. The lowest BCUT2D eigenvalue weighted by molar-refractivity contribution is -0.140. The predicted molar refractivity (Wildman–Crippen MR) is 84.8 cm³/mol. The summed E-state index contributed by atoms with van der Waals surface area (Å²) in [6.45, 7) is 1.49. The normalized spacial score (nSPS) is 23.8. The molecule has 0 aliphatic carbocycles. The molecule has 8 nitrogen and oxygen atoms in total. The third kappa shape index (κ3) is 1.75. The van der Waals surface area contributed by atoms with Crippen LogP contribution in [-0.4, -0.2) is 44.0 Å². The minimum Gasteiger partial charge on any atom is -0.331 e. The van der Waals surface area contributed by atoms with E-state index in [1.807, 2.05) is 0 Å². The molecule has 0 unspecified atom stereocenters. The minimum atomic E-state index is -1.40. The highest BCUT2D eigenvalue weighted by atomic mass is 32.1. The Morgan fingerprint density at radius 1 is 1.12 bits per heavy atom. The lowest BCUT2D eigenvalue weighted by atomic mass is 9.89. The number of nitrogens with one attached hydrogen (secondary N) is 3. The van der Waals surface area contributed by atoms with Gasteiger partial charge >= 0.3 is 0 Å². The van der Waals surface area contributed by atoms with Crippen molar-refractivity contribution >= 4 is 46.9 Å². The molecule has 1 fully saturated rings. The van der Waals surface area contributed by atoms with Crippen molar-refractivity contribution in [3.63, 3.8) is 0 Å². The second kappa shape index (κ2) is 4.60. The number of amides is 4. The number of imidazole rings is 1. The number of imide groups is 2. The lowest BCUT2D eigenvalue weighted by Crippen LogP contribution is -2.62. The van der Waals surface area contributed by atoms with E-state index in [0.717, 1.165) is 4.90 Å². The number of benzene rings is 1. The van der Waals surface area contributed by atoms with E-state index in [-0.39, 0.29) is 24.0 Å². The number of H-pyrrole nitrogens is 2. The molecule has 122 valence electrons. The van der Waals surface area contributed by atoms with Gasteiger partial charge in [-0.05, 0) is 37.7 Å². The van der Waals surface area contributed by atoms with Crippen molar-refractivity contribution in [2.24, 2.45) is 0 Å². The van der Waals surface area contributed by atoms with Gasteiger partial charge in [0.25, 0.3) is 17.7 Å². The first kappa shape index (κ1) is 14.8. The van der Waals surface area contributed by atoms with E-state index >= 15 is 0 Å². The SMILES string of the molecule is C[C@]1(N2C(=O)c3ccc4[nH]c(=S)[nH]c4c3C2=O)CCC(=O)NC1=O. The van der Waals surface area contributed by atoms with Gasteiger partial charge < -0.3 is 9.97 Å². The van der Waals surface area contributed by atoms with Crippen LogP contribution in [0.25, 0.3) is 11.0 Å². The quantitative estimate of drug-likeness (QED) is 0.528. The van der Waals surface area contributed by atoms with E-state index in [1.54, 1.807) is 6.07 Å². The fourth-order valence-electron chi connectivity index (χ4n) is 3.28. The number of fused-ring (bicyclic) bond motifs is 3. The zero-order chi connectivity index (χ0) is 17.2. The van der Waals surface area contributed by atoms with Crippen molar-refractivity contribution in [3.05, 3.63) is 28.0 Å². The zero-order valence-corrected chi connectivity index (χ0v) is 13.4. The zero-order valence-electron chi connectivity index (χ0n) is 12.6. The molecule has 1 saturated heterocycles. The van der Waals surface area contributed by atoms with Crippen LogP contribution < -0.4 is 5.32 Å². The fourth-order valence-corrected chi connectivity index (χ4v) is 3.50. The molecular formula is C15H12N4O4S. The number of hydrogen-bond acceptors (Lipinski definition) is 5. The van der Waals surface area contributed by atoms with E-state index < -0.39 is 29.2 Å². The summed E-state index contributed by atoms with van der Waals surface area (Å²) < 4.78 is 0.337. The van der Waals surface area contributed by atoms with Gasteiger partial charge in [-0.15, -0.1) is 0 Å². The van der Waals surface area contributed by atoms with Crippen molar-refractivity contribution in [1.29, 1.82) is 0 Å². The van der Waals surface area contributed by atoms with Gasteiger partial charge in [0, 0.05) is 6.42 Å². The molecule has 0 radical (unpaired) electrons. The lowest BCUT2D eigenvalue weighted by Gasteiger charge is -2.38. The molecule has 4 rings (SSSR count). The Hall–Kier alpha value is -2.81. The molecule has 2 aliphatic heterocycles. The standard InChI is InChI=1S/C15H12N4O4S/c1-15(5-4-8(20)17-13(15)23)19-11(21)6-2-3-7-10(9(6)12(19)22)18-14(24)16-7/h2-3H,4-5H2,1H3,(H2,16,18,24)(H,17,20,23)/t15-/m0/s1. The Labute approximate surface area is 140 Å². The topological polar surface area (TPSA) is 115 Å². The van der Waals surface area contributed by atoms with Crippen LogP contribution in [0.5, 0.6) is 0 Å². The Morgan fingerprint density at radius 2 is 1.88 bits per heavy atom. The van der Waals surface area contributed by atoms with Gasteiger partial charge in [-0.2, -0.15) is 0 Å². The van der Waals surface area contributed by atoms with Gasteiger partial charge in [0.2, 0.25) is 5.91 Å². The highest BCUT2D eigenvalue weighted by Gasteiger charge is 2.53. The predicted octanol–water partition coefficient (Wildman–Crippen LogP) is 1.02. The van der Waals surface area contributed by atoms with Gasteiger partial charge in [0.05, 0.1) is 22.2 Å². The monoisotopic (exact) mass is 344 g/mol. The smallest absolute Gasteiger partial charge is 0.264 e. The first-order valence-electron chi connectivity index (χ1n) is 7.31. The summed E-state index contributed by atoms with van der Waals surface area (Å²) in [6.07, 6.45) is 0.160. The molecule has 2 aliphatic rings. The van der Waals surface area contributed by atoms with Crippen LogP contribution in [0.1, 0.15) is 40.5 Å². The highest BCUT2D eigenvalue weighted by Crippen LogP contribution is 2.36. The second-order valence-corrected chi connectivity index (χ2v) is 6.49. The number of aromatic amines is 2. The summed E-state index contributed by atoms with van der Waals surface area (Å²) >= 11 is 5.04.